The summed E-state index contributed by atoms with van der Waals surface area (Å²) in [6, 6.07) is 14.4. The van der Waals surface area contributed by atoms with E-state index in [0.29, 0.717) is 12.0 Å². The van der Waals surface area contributed by atoms with Gasteiger partial charge in [-0.2, -0.15) is 0 Å². The first-order chi connectivity index (χ1) is 11.6. The van der Waals surface area contributed by atoms with Crippen LogP contribution in [-0.4, -0.2) is 32.1 Å². The molecule has 24 heavy (non-hydrogen) atoms. The van der Waals surface area contributed by atoms with Gasteiger partial charge in [0.1, 0.15) is 12.3 Å². The van der Waals surface area contributed by atoms with Crippen molar-refractivity contribution in [2.24, 2.45) is 0 Å². The summed E-state index contributed by atoms with van der Waals surface area (Å²) < 4.78 is 11.1. The lowest BCUT2D eigenvalue weighted by molar-refractivity contribution is -0.142. The molecule has 0 fully saturated rings. The molecule has 5 nitrogen and oxygen atoms in total. The second-order valence-corrected chi connectivity index (χ2v) is 5.92. The van der Waals surface area contributed by atoms with Gasteiger partial charge in [0.15, 0.2) is 0 Å². The predicted molar refractivity (Wildman–Crippen MR) is 94.1 cm³/mol. The van der Waals surface area contributed by atoms with E-state index in [9.17, 15) is 9.59 Å². The van der Waals surface area contributed by atoms with Crippen molar-refractivity contribution >= 4 is 27.8 Å². The molecule has 0 saturated carbocycles. The number of esters is 1. The van der Waals surface area contributed by atoms with Crippen LogP contribution in [0.4, 0.5) is 0 Å². The monoisotopic (exact) mass is 391 g/mol. The fourth-order valence-electron chi connectivity index (χ4n) is 1.98. The first-order valence-corrected chi connectivity index (χ1v) is 8.20. The van der Waals surface area contributed by atoms with E-state index < -0.39 is 5.97 Å². The third kappa shape index (κ3) is 5.70. The summed E-state index contributed by atoms with van der Waals surface area (Å²) >= 11 is 3.30. The van der Waals surface area contributed by atoms with Gasteiger partial charge in [-0.3, -0.25) is 9.59 Å². The predicted octanol–water partition coefficient (Wildman–Crippen LogP) is 2.97. The molecule has 2 aromatic carbocycles. The Kier molecular flexibility index (Phi) is 6.81. The number of carbonyl (C=O) groups is 2. The summed E-state index contributed by atoms with van der Waals surface area (Å²) in [7, 11) is 1.61. The SMILES string of the molecule is COc1ccc(CCOC(=O)CNC(=O)c2ccc(Br)cc2)cc1. The van der Waals surface area contributed by atoms with Crippen LogP contribution in [0.2, 0.25) is 0 Å². The first-order valence-electron chi connectivity index (χ1n) is 7.41. The average molecular weight is 392 g/mol. The molecule has 0 spiro atoms. The Labute approximate surface area is 149 Å². The Balaban J connectivity index is 1.69. The second kappa shape index (κ2) is 9.08. The van der Waals surface area contributed by atoms with Gasteiger partial charge in [-0.15, -0.1) is 0 Å². The lowest BCUT2D eigenvalue weighted by Crippen LogP contribution is -2.30. The second-order valence-electron chi connectivity index (χ2n) is 5.01. The van der Waals surface area contributed by atoms with E-state index in [1.54, 1.807) is 31.4 Å². The van der Waals surface area contributed by atoms with Gasteiger partial charge in [0.05, 0.1) is 13.7 Å². The fourth-order valence-corrected chi connectivity index (χ4v) is 2.25. The van der Waals surface area contributed by atoms with E-state index in [0.717, 1.165) is 15.8 Å². The fraction of sp³-hybridized carbons (Fsp3) is 0.222. The number of rotatable bonds is 7. The van der Waals surface area contributed by atoms with Gasteiger partial charge in [-0.05, 0) is 42.0 Å². The molecular weight excluding hydrogens is 374 g/mol. The van der Waals surface area contributed by atoms with Crippen LogP contribution in [0.1, 0.15) is 15.9 Å². The maximum atomic E-state index is 11.9. The topological polar surface area (TPSA) is 64.6 Å². The molecule has 0 aromatic heterocycles. The number of halogens is 1. The molecule has 2 rings (SSSR count). The molecule has 0 atom stereocenters. The van der Waals surface area contributed by atoms with Crippen LogP contribution in [0.5, 0.6) is 5.75 Å². The number of benzene rings is 2. The zero-order valence-corrected chi connectivity index (χ0v) is 14.8. The summed E-state index contributed by atoms with van der Waals surface area (Å²) in [5, 5.41) is 2.54. The number of ether oxygens (including phenoxy) is 2. The molecule has 1 N–H and O–H groups in total. The van der Waals surface area contributed by atoms with Crippen LogP contribution in [0, 0.1) is 0 Å². The van der Waals surface area contributed by atoms with Gasteiger partial charge < -0.3 is 14.8 Å². The number of carbonyl (C=O) groups excluding carboxylic acids is 2. The van der Waals surface area contributed by atoms with Crippen molar-refractivity contribution in [1.82, 2.24) is 5.32 Å². The average Bonchev–Trinajstić information content (AvgIpc) is 2.61. The molecule has 2 aromatic rings. The molecule has 0 aliphatic rings. The van der Waals surface area contributed by atoms with Gasteiger partial charge in [-0.1, -0.05) is 28.1 Å². The van der Waals surface area contributed by atoms with E-state index in [2.05, 4.69) is 21.2 Å². The largest absolute Gasteiger partial charge is 0.497 e. The minimum Gasteiger partial charge on any atom is -0.497 e. The van der Waals surface area contributed by atoms with Crippen molar-refractivity contribution in [2.75, 3.05) is 20.3 Å². The van der Waals surface area contributed by atoms with Crippen molar-refractivity contribution < 1.29 is 19.1 Å². The van der Waals surface area contributed by atoms with E-state index >= 15 is 0 Å². The third-order valence-corrected chi connectivity index (χ3v) is 3.84. The van der Waals surface area contributed by atoms with Crippen molar-refractivity contribution in [1.29, 1.82) is 0 Å². The smallest absolute Gasteiger partial charge is 0.325 e. The van der Waals surface area contributed by atoms with Crippen LogP contribution in [0.25, 0.3) is 0 Å². The minimum atomic E-state index is -0.464. The quantitative estimate of drug-likeness (QED) is 0.736. The zero-order chi connectivity index (χ0) is 17.4. The number of hydrogen-bond donors (Lipinski definition) is 1. The molecule has 0 bridgehead atoms. The number of amides is 1. The summed E-state index contributed by atoms with van der Waals surface area (Å²) in [6.45, 7) is 0.108. The van der Waals surface area contributed by atoms with Gasteiger partial charge in [0.2, 0.25) is 0 Å². The lowest BCUT2D eigenvalue weighted by atomic mass is 10.1. The summed E-state index contributed by atoms with van der Waals surface area (Å²) in [5.41, 5.74) is 1.53. The highest BCUT2D eigenvalue weighted by Gasteiger charge is 2.08. The van der Waals surface area contributed by atoms with E-state index in [4.69, 9.17) is 9.47 Å². The molecular formula is C18H18BrNO4. The van der Waals surface area contributed by atoms with Crippen LogP contribution < -0.4 is 10.1 Å². The molecule has 0 unspecified atom stereocenters. The molecule has 0 heterocycles. The van der Waals surface area contributed by atoms with Gasteiger partial charge in [0.25, 0.3) is 5.91 Å². The molecule has 0 saturated heterocycles. The van der Waals surface area contributed by atoms with Crippen molar-refractivity contribution in [3.63, 3.8) is 0 Å². The maximum absolute atomic E-state index is 11.9. The normalized spacial score (nSPS) is 10.1. The Morgan fingerprint density at radius 3 is 2.33 bits per heavy atom. The van der Waals surface area contributed by atoms with Crippen molar-refractivity contribution in [3.8, 4) is 5.75 Å². The highest BCUT2D eigenvalue weighted by atomic mass is 79.9. The van der Waals surface area contributed by atoms with Crippen LogP contribution >= 0.6 is 15.9 Å². The highest BCUT2D eigenvalue weighted by molar-refractivity contribution is 9.10. The molecule has 126 valence electrons. The van der Waals surface area contributed by atoms with Gasteiger partial charge >= 0.3 is 5.97 Å². The lowest BCUT2D eigenvalue weighted by Gasteiger charge is -2.07. The zero-order valence-electron chi connectivity index (χ0n) is 13.3. The Hall–Kier alpha value is -2.34. The number of nitrogens with one attached hydrogen (secondary N) is 1. The summed E-state index contributed by atoms with van der Waals surface area (Å²) in [5.74, 6) is 0.00924. The highest BCUT2D eigenvalue weighted by Crippen LogP contribution is 2.12. The Morgan fingerprint density at radius 1 is 1.04 bits per heavy atom. The molecule has 6 heteroatoms. The summed E-state index contributed by atoms with van der Waals surface area (Å²) in [4.78, 5) is 23.5. The molecule has 0 aliphatic heterocycles. The van der Waals surface area contributed by atoms with Crippen molar-refractivity contribution in [2.45, 2.75) is 6.42 Å². The maximum Gasteiger partial charge on any atom is 0.325 e. The van der Waals surface area contributed by atoms with E-state index in [-0.39, 0.29) is 19.1 Å². The minimum absolute atomic E-state index is 0.155. The van der Waals surface area contributed by atoms with Gasteiger partial charge in [0, 0.05) is 16.5 Å². The first kappa shape index (κ1) is 18.0. The molecule has 1 amide bonds. The number of methoxy groups -OCH3 is 1. The van der Waals surface area contributed by atoms with Crippen LogP contribution in [0.3, 0.4) is 0 Å². The Morgan fingerprint density at radius 2 is 1.71 bits per heavy atom. The van der Waals surface area contributed by atoms with E-state index in [1.807, 2.05) is 24.3 Å². The molecule has 0 radical (unpaired) electrons. The van der Waals surface area contributed by atoms with Gasteiger partial charge in [-0.25, -0.2) is 0 Å². The number of hydrogen-bond acceptors (Lipinski definition) is 4. The van der Waals surface area contributed by atoms with Crippen molar-refractivity contribution in [3.05, 3.63) is 64.1 Å². The van der Waals surface area contributed by atoms with Crippen LogP contribution in [0.15, 0.2) is 53.0 Å². The summed E-state index contributed by atoms with van der Waals surface area (Å²) in [6.07, 6.45) is 0.608. The molecule has 0 aliphatic carbocycles. The standard InChI is InChI=1S/C18H18BrNO4/c1-23-16-8-2-13(3-9-16)10-11-24-17(21)12-20-18(22)14-4-6-15(19)7-5-14/h2-9H,10-12H2,1H3,(H,20,22). The Bertz CT molecular complexity index is 683. The van der Waals surface area contributed by atoms with Crippen LogP contribution in [-0.2, 0) is 16.0 Å². The van der Waals surface area contributed by atoms with E-state index in [1.165, 1.54) is 0 Å². The third-order valence-electron chi connectivity index (χ3n) is 3.31.